The van der Waals surface area contributed by atoms with Crippen LogP contribution in [0.4, 0.5) is 5.69 Å². The van der Waals surface area contributed by atoms with Gasteiger partial charge in [-0.25, -0.2) is 4.98 Å². The highest BCUT2D eigenvalue weighted by atomic mass is 32.1. The topological polar surface area (TPSA) is 48.7 Å². The van der Waals surface area contributed by atoms with Gasteiger partial charge in [-0.1, -0.05) is 32.9 Å². The predicted molar refractivity (Wildman–Crippen MR) is 84.0 cm³/mol. The van der Waals surface area contributed by atoms with E-state index in [0.29, 0.717) is 0 Å². The smallest absolute Gasteiger partial charge is 0.158 e. The van der Waals surface area contributed by atoms with Crippen molar-refractivity contribution in [2.24, 2.45) is 0 Å². The van der Waals surface area contributed by atoms with Crippen LogP contribution in [0.1, 0.15) is 43.1 Å². The molecule has 1 unspecified atom stereocenters. The van der Waals surface area contributed by atoms with Crippen molar-refractivity contribution >= 4 is 17.0 Å². The third-order valence-corrected chi connectivity index (χ3v) is 4.20. The van der Waals surface area contributed by atoms with Crippen LogP contribution in [0.3, 0.4) is 0 Å². The summed E-state index contributed by atoms with van der Waals surface area (Å²) in [6.07, 6.45) is 0. The first-order chi connectivity index (χ1) is 9.40. The fourth-order valence-electron chi connectivity index (χ4n) is 1.84. The molecule has 4 heteroatoms. The fraction of sp³-hybridized carbons (Fsp3) is 0.375. The van der Waals surface area contributed by atoms with Crippen molar-refractivity contribution in [1.82, 2.24) is 4.98 Å². The van der Waals surface area contributed by atoms with Gasteiger partial charge in [-0.2, -0.15) is 5.26 Å². The molecule has 0 fully saturated rings. The van der Waals surface area contributed by atoms with Crippen LogP contribution in [0.5, 0.6) is 0 Å². The molecule has 0 aliphatic carbocycles. The van der Waals surface area contributed by atoms with E-state index < -0.39 is 6.04 Å². The monoisotopic (exact) mass is 285 g/mol. The number of rotatable bonds is 3. The minimum atomic E-state index is -0.413. The number of nitrogens with zero attached hydrogens (tertiary/aromatic N) is 2. The Morgan fingerprint density at radius 2 is 2.10 bits per heavy atom. The third-order valence-electron chi connectivity index (χ3n) is 2.92. The summed E-state index contributed by atoms with van der Waals surface area (Å²) in [6, 6.07) is 9.88. The molecule has 1 aromatic heterocycles. The number of hydrogen-bond acceptors (Lipinski definition) is 4. The molecule has 0 spiro atoms. The van der Waals surface area contributed by atoms with Crippen LogP contribution in [0.15, 0.2) is 29.6 Å². The quantitative estimate of drug-likeness (QED) is 0.907. The second-order valence-corrected chi connectivity index (χ2v) is 6.76. The maximum atomic E-state index is 9.37. The van der Waals surface area contributed by atoms with Crippen LogP contribution in [0.2, 0.25) is 0 Å². The van der Waals surface area contributed by atoms with E-state index in [2.05, 4.69) is 37.1 Å². The zero-order valence-corrected chi connectivity index (χ0v) is 13.1. The van der Waals surface area contributed by atoms with Crippen molar-refractivity contribution in [2.75, 3.05) is 5.32 Å². The maximum Gasteiger partial charge on any atom is 0.158 e. The average molecular weight is 285 g/mol. The molecule has 2 rings (SSSR count). The highest BCUT2D eigenvalue weighted by molar-refractivity contribution is 7.09. The first-order valence-corrected chi connectivity index (χ1v) is 7.47. The largest absolute Gasteiger partial charge is 0.365 e. The Morgan fingerprint density at radius 3 is 2.65 bits per heavy atom. The van der Waals surface area contributed by atoms with E-state index in [0.717, 1.165) is 16.4 Å². The lowest BCUT2D eigenvalue weighted by Crippen LogP contribution is -2.13. The molecule has 0 saturated carbocycles. The SMILES string of the molecule is Cc1cccc(NC(C#N)c2csc(C(C)(C)C)n2)c1. The highest BCUT2D eigenvalue weighted by Gasteiger charge is 2.21. The molecule has 1 aromatic carbocycles. The highest BCUT2D eigenvalue weighted by Crippen LogP contribution is 2.28. The third kappa shape index (κ3) is 3.37. The van der Waals surface area contributed by atoms with E-state index in [1.54, 1.807) is 11.3 Å². The van der Waals surface area contributed by atoms with Crippen molar-refractivity contribution < 1.29 is 0 Å². The van der Waals surface area contributed by atoms with Gasteiger partial charge in [0, 0.05) is 16.5 Å². The number of benzene rings is 1. The normalized spacial score (nSPS) is 12.8. The Bertz CT molecular complexity index is 632. The lowest BCUT2D eigenvalue weighted by molar-refractivity contribution is 0.582. The van der Waals surface area contributed by atoms with E-state index in [4.69, 9.17) is 0 Å². The van der Waals surface area contributed by atoms with Gasteiger partial charge in [-0.15, -0.1) is 11.3 Å². The van der Waals surface area contributed by atoms with Gasteiger partial charge in [0.2, 0.25) is 0 Å². The van der Waals surface area contributed by atoms with E-state index >= 15 is 0 Å². The molecule has 1 N–H and O–H groups in total. The van der Waals surface area contributed by atoms with Gasteiger partial charge in [0.15, 0.2) is 6.04 Å². The summed E-state index contributed by atoms with van der Waals surface area (Å²) in [5.41, 5.74) is 2.93. The Labute approximate surface area is 124 Å². The van der Waals surface area contributed by atoms with Gasteiger partial charge >= 0.3 is 0 Å². The molecule has 0 aliphatic rings. The van der Waals surface area contributed by atoms with Gasteiger partial charge in [-0.05, 0) is 24.6 Å². The zero-order valence-electron chi connectivity index (χ0n) is 12.3. The summed E-state index contributed by atoms with van der Waals surface area (Å²) < 4.78 is 0. The van der Waals surface area contributed by atoms with Crippen molar-refractivity contribution in [3.63, 3.8) is 0 Å². The number of nitrogens with one attached hydrogen (secondary N) is 1. The predicted octanol–water partition coefficient (Wildman–Crippen LogP) is 4.43. The molecule has 1 atom stereocenters. The molecule has 0 bridgehead atoms. The van der Waals surface area contributed by atoms with Gasteiger partial charge in [0.05, 0.1) is 16.8 Å². The molecule has 3 nitrogen and oxygen atoms in total. The fourth-order valence-corrected chi connectivity index (χ4v) is 2.77. The summed E-state index contributed by atoms with van der Waals surface area (Å²) in [5, 5.41) is 15.6. The first kappa shape index (κ1) is 14.5. The van der Waals surface area contributed by atoms with E-state index in [9.17, 15) is 5.26 Å². The summed E-state index contributed by atoms with van der Waals surface area (Å²) in [7, 11) is 0. The standard InChI is InChI=1S/C16H19N3S/c1-11-6-5-7-12(8-11)18-13(9-17)14-10-20-15(19-14)16(2,3)4/h5-8,10,13,18H,1-4H3. The minimum Gasteiger partial charge on any atom is -0.365 e. The number of nitriles is 1. The summed E-state index contributed by atoms with van der Waals surface area (Å²) >= 11 is 1.61. The average Bonchev–Trinajstić information content (AvgIpc) is 2.85. The van der Waals surface area contributed by atoms with Crippen molar-refractivity contribution in [1.29, 1.82) is 5.26 Å². The van der Waals surface area contributed by atoms with Crippen LogP contribution in [0, 0.1) is 18.3 Å². The molecule has 0 aliphatic heterocycles. The van der Waals surface area contributed by atoms with Gasteiger partial charge in [0.25, 0.3) is 0 Å². The Morgan fingerprint density at radius 1 is 1.35 bits per heavy atom. The molecular weight excluding hydrogens is 266 g/mol. The van der Waals surface area contributed by atoms with E-state index in [1.807, 2.05) is 36.6 Å². The molecule has 1 heterocycles. The number of hydrogen-bond donors (Lipinski definition) is 1. The molecule has 0 amide bonds. The van der Waals surface area contributed by atoms with Crippen LogP contribution >= 0.6 is 11.3 Å². The first-order valence-electron chi connectivity index (χ1n) is 6.59. The van der Waals surface area contributed by atoms with Crippen molar-refractivity contribution in [3.8, 4) is 6.07 Å². The minimum absolute atomic E-state index is 0.0201. The second-order valence-electron chi connectivity index (χ2n) is 5.90. The molecule has 2 aromatic rings. The van der Waals surface area contributed by atoms with Crippen LogP contribution in [0.25, 0.3) is 0 Å². The maximum absolute atomic E-state index is 9.37. The summed E-state index contributed by atoms with van der Waals surface area (Å²) in [6.45, 7) is 8.42. The van der Waals surface area contributed by atoms with E-state index in [1.165, 1.54) is 5.56 Å². The van der Waals surface area contributed by atoms with Crippen molar-refractivity contribution in [3.05, 3.63) is 45.9 Å². The van der Waals surface area contributed by atoms with Crippen LogP contribution in [-0.4, -0.2) is 4.98 Å². The lowest BCUT2D eigenvalue weighted by Gasteiger charge is -2.14. The molecule has 0 saturated heterocycles. The number of thiazole rings is 1. The number of aryl methyl sites for hydroxylation is 1. The van der Waals surface area contributed by atoms with Gasteiger partial charge in [-0.3, -0.25) is 0 Å². The second kappa shape index (κ2) is 5.64. The van der Waals surface area contributed by atoms with Crippen LogP contribution < -0.4 is 5.32 Å². The Kier molecular flexibility index (Phi) is 4.10. The summed E-state index contributed by atoms with van der Waals surface area (Å²) in [4.78, 5) is 4.60. The number of aromatic nitrogens is 1. The Hall–Kier alpha value is -1.86. The number of anilines is 1. The molecule has 20 heavy (non-hydrogen) atoms. The van der Waals surface area contributed by atoms with Crippen molar-refractivity contribution in [2.45, 2.75) is 39.2 Å². The zero-order chi connectivity index (χ0) is 14.8. The van der Waals surface area contributed by atoms with Crippen LogP contribution in [-0.2, 0) is 5.41 Å². The Balaban J connectivity index is 2.21. The van der Waals surface area contributed by atoms with Gasteiger partial charge in [0.1, 0.15) is 0 Å². The van der Waals surface area contributed by atoms with Gasteiger partial charge < -0.3 is 5.32 Å². The molecule has 104 valence electrons. The lowest BCUT2D eigenvalue weighted by atomic mass is 9.98. The van der Waals surface area contributed by atoms with E-state index in [-0.39, 0.29) is 5.41 Å². The molecular formula is C16H19N3S. The summed E-state index contributed by atoms with van der Waals surface area (Å²) in [5.74, 6) is 0. The molecule has 0 radical (unpaired) electrons.